The van der Waals surface area contributed by atoms with Gasteiger partial charge < -0.3 is 9.64 Å². The second kappa shape index (κ2) is 9.76. The highest BCUT2D eigenvalue weighted by molar-refractivity contribution is 7.92. The van der Waals surface area contributed by atoms with E-state index in [0.29, 0.717) is 29.4 Å². The lowest BCUT2D eigenvalue weighted by Gasteiger charge is -2.21. The summed E-state index contributed by atoms with van der Waals surface area (Å²) in [6.45, 7) is 3.12. The van der Waals surface area contributed by atoms with E-state index in [2.05, 4.69) is 4.98 Å². The number of sulfone groups is 1. The molecule has 1 aromatic heterocycles. The third-order valence-corrected chi connectivity index (χ3v) is 7.68. The Balaban J connectivity index is 1.95. The monoisotopic (exact) mass is 461 g/mol. The standard InChI is InChI=1S/C22H27N3O4S2/c1-16-11-12-18(29-4)20-21(16)30-22(23-20)25(14-8-13-24(2)3)19(26)15-31(27,28)17-9-6-5-7-10-17/h5-7,9-12H,8,13-15H2,1-4H3. The van der Waals surface area contributed by atoms with Crippen LogP contribution < -0.4 is 9.64 Å². The molecule has 1 heterocycles. The van der Waals surface area contributed by atoms with Crippen LogP contribution in [-0.4, -0.2) is 64.3 Å². The molecule has 7 nitrogen and oxygen atoms in total. The Kier molecular flexibility index (Phi) is 7.30. The van der Waals surface area contributed by atoms with Crippen LogP contribution in [0, 0.1) is 6.92 Å². The summed E-state index contributed by atoms with van der Waals surface area (Å²) < 4.78 is 31.9. The van der Waals surface area contributed by atoms with E-state index in [4.69, 9.17) is 4.74 Å². The van der Waals surface area contributed by atoms with Crippen molar-refractivity contribution in [2.45, 2.75) is 18.2 Å². The molecule has 0 atom stereocenters. The molecule has 0 spiro atoms. The number of thiazole rings is 1. The van der Waals surface area contributed by atoms with Crippen LogP contribution in [0.15, 0.2) is 47.4 Å². The molecule has 1 amide bonds. The van der Waals surface area contributed by atoms with Crippen LogP contribution >= 0.6 is 11.3 Å². The van der Waals surface area contributed by atoms with E-state index in [0.717, 1.165) is 16.8 Å². The van der Waals surface area contributed by atoms with E-state index in [1.165, 1.54) is 28.4 Å². The molecule has 0 bridgehead atoms. The largest absolute Gasteiger partial charge is 0.494 e. The van der Waals surface area contributed by atoms with Crippen LogP contribution in [0.25, 0.3) is 10.2 Å². The fourth-order valence-corrected chi connectivity index (χ4v) is 5.52. The summed E-state index contributed by atoms with van der Waals surface area (Å²) in [4.78, 5) is 21.5. The molecule has 9 heteroatoms. The van der Waals surface area contributed by atoms with Gasteiger partial charge in [0, 0.05) is 6.54 Å². The highest BCUT2D eigenvalue weighted by atomic mass is 32.2. The Morgan fingerprint density at radius 3 is 2.45 bits per heavy atom. The van der Waals surface area contributed by atoms with Crippen LogP contribution in [0.5, 0.6) is 5.75 Å². The van der Waals surface area contributed by atoms with Crippen molar-refractivity contribution in [3.63, 3.8) is 0 Å². The highest BCUT2D eigenvalue weighted by Crippen LogP contribution is 2.36. The summed E-state index contributed by atoms with van der Waals surface area (Å²) in [5.41, 5.74) is 1.70. The number of nitrogens with zero attached hydrogens (tertiary/aromatic N) is 3. The molecule has 31 heavy (non-hydrogen) atoms. The number of fused-ring (bicyclic) bond motifs is 1. The second-order valence-corrected chi connectivity index (χ2v) is 10.5. The summed E-state index contributed by atoms with van der Waals surface area (Å²) in [5.74, 6) is -0.468. The van der Waals surface area contributed by atoms with E-state index in [9.17, 15) is 13.2 Å². The van der Waals surface area contributed by atoms with Crippen molar-refractivity contribution in [3.8, 4) is 5.75 Å². The Labute approximate surface area is 187 Å². The van der Waals surface area contributed by atoms with Gasteiger partial charge >= 0.3 is 0 Å². The molecule has 0 saturated heterocycles. The van der Waals surface area contributed by atoms with Gasteiger partial charge in [-0.15, -0.1) is 0 Å². The van der Waals surface area contributed by atoms with Crippen molar-refractivity contribution in [3.05, 3.63) is 48.0 Å². The van der Waals surface area contributed by atoms with E-state index in [1.807, 2.05) is 38.1 Å². The lowest BCUT2D eigenvalue weighted by Crippen LogP contribution is -2.37. The molecule has 0 aliphatic heterocycles. The van der Waals surface area contributed by atoms with E-state index < -0.39 is 21.5 Å². The number of aryl methyl sites for hydroxylation is 1. The minimum absolute atomic E-state index is 0.137. The number of rotatable bonds is 9. The third-order valence-electron chi connectivity index (χ3n) is 4.85. The molecule has 0 aliphatic carbocycles. The number of methoxy groups -OCH3 is 1. The summed E-state index contributed by atoms with van der Waals surface area (Å²) in [6.07, 6.45) is 0.691. The molecule has 3 aromatic rings. The van der Waals surface area contributed by atoms with Gasteiger partial charge in [0.1, 0.15) is 17.0 Å². The highest BCUT2D eigenvalue weighted by Gasteiger charge is 2.27. The van der Waals surface area contributed by atoms with Crippen LogP contribution in [0.4, 0.5) is 5.13 Å². The lowest BCUT2D eigenvalue weighted by molar-refractivity contribution is -0.116. The first-order valence-electron chi connectivity index (χ1n) is 9.90. The van der Waals surface area contributed by atoms with Crippen molar-refractivity contribution >= 4 is 42.4 Å². The molecule has 2 aromatic carbocycles. The topological polar surface area (TPSA) is 79.8 Å². The average Bonchev–Trinajstić information content (AvgIpc) is 3.17. The average molecular weight is 462 g/mol. The molecule has 0 unspecified atom stereocenters. The predicted molar refractivity (Wildman–Crippen MR) is 125 cm³/mol. The smallest absolute Gasteiger partial charge is 0.244 e. The maximum absolute atomic E-state index is 13.2. The first-order chi connectivity index (χ1) is 14.7. The minimum atomic E-state index is -3.75. The van der Waals surface area contributed by atoms with Crippen molar-refractivity contribution in [1.82, 2.24) is 9.88 Å². The summed E-state index contributed by atoms with van der Waals surface area (Å²) in [7, 11) is 1.74. The number of carbonyl (C=O) groups excluding carboxylic acids is 1. The zero-order valence-corrected chi connectivity index (χ0v) is 19.8. The lowest BCUT2D eigenvalue weighted by atomic mass is 10.2. The molecule has 3 rings (SSSR count). The van der Waals surface area contributed by atoms with Gasteiger partial charge in [-0.3, -0.25) is 9.69 Å². The summed E-state index contributed by atoms with van der Waals surface area (Å²) >= 11 is 1.38. The Morgan fingerprint density at radius 2 is 1.81 bits per heavy atom. The number of carbonyl (C=O) groups is 1. The van der Waals surface area contributed by atoms with Crippen LogP contribution in [0.3, 0.4) is 0 Å². The van der Waals surface area contributed by atoms with Crippen molar-refractivity contribution in [1.29, 1.82) is 0 Å². The molecular formula is C22H27N3O4S2. The molecular weight excluding hydrogens is 434 g/mol. The van der Waals surface area contributed by atoms with E-state index in [-0.39, 0.29) is 4.90 Å². The summed E-state index contributed by atoms with van der Waals surface area (Å²) in [5, 5.41) is 0.481. The number of ether oxygens (including phenoxy) is 1. The van der Waals surface area contributed by atoms with Gasteiger partial charge in [-0.05, 0) is 57.7 Å². The molecule has 166 valence electrons. The number of anilines is 1. The van der Waals surface area contributed by atoms with Crippen LogP contribution in [0.2, 0.25) is 0 Å². The predicted octanol–water partition coefficient (Wildman–Crippen LogP) is 3.37. The van der Waals surface area contributed by atoms with Gasteiger partial charge in [0.05, 0.1) is 16.7 Å². The Hall–Kier alpha value is -2.49. The Morgan fingerprint density at radius 1 is 1.10 bits per heavy atom. The first-order valence-corrected chi connectivity index (χ1v) is 12.4. The van der Waals surface area contributed by atoms with Crippen molar-refractivity contribution in [2.24, 2.45) is 0 Å². The molecule has 0 N–H and O–H groups in total. The quantitative estimate of drug-likeness (QED) is 0.486. The van der Waals surface area contributed by atoms with Gasteiger partial charge in [-0.25, -0.2) is 13.4 Å². The van der Waals surface area contributed by atoms with E-state index in [1.54, 1.807) is 25.3 Å². The van der Waals surface area contributed by atoms with Crippen molar-refractivity contribution < 1.29 is 17.9 Å². The molecule has 0 aliphatic rings. The maximum atomic E-state index is 13.2. The van der Waals surface area contributed by atoms with Gasteiger partial charge in [0.15, 0.2) is 15.0 Å². The fraction of sp³-hybridized carbons (Fsp3) is 0.364. The normalized spacial score (nSPS) is 11.8. The number of aromatic nitrogens is 1. The third kappa shape index (κ3) is 5.41. The van der Waals surface area contributed by atoms with Gasteiger partial charge in [0.2, 0.25) is 5.91 Å². The number of hydrogen-bond acceptors (Lipinski definition) is 7. The van der Waals surface area contributed by atoms with Gasteiger partial charge in [-0.2, -0.15) is 0 Å². The van der Waals surface area contributed by atoms with E-state index >= 15 is 0 Å². The fourth-order valence-electron chi connectivity index (χ4n) is 3.20. The maximum Gasteiger partial charge on any atom is 0.244 e. The van der Waals surface area contributed by atoms with Gasteiger partial charge in [0.25, 0.3) is 0 Å². The molecule has 0 fully saturated rings. The van der Waals surface area contributed by atoms with Crippen molar-refractivity contribution in [2.75, 3.05) is 44.9 Å². The van der Waals surface area contributed by atoms with Crippen LogP contribution in [0.1, 0.15) is 12.0 Å². The zero-order valence-electron chi connectivity index (χ0n) is 18.2. The number of amides is 1. The molecule has 0 radical (unpaired) electrons. The number of hydrogen-bond donors (Lipinski definition) is 0. The van der Waals surface area contributed by atoms with Gasteiger partial charge in [-0.1, -0.05) is 35.6 Å². The minimum Gasteiger partial charge on any atom is -0.494 e. The number of benzene rings is 2. The first kappa shape index (κ1) is 23.2. The summed E-state index contributed by atoms with van der Waals surface area (Å²) in [6, 6.07) is 11.8. The SMILES string of the molecule is COc1ccc(C)c2sc(N(CCCN(C)C)C(=O)CS(=O)(=O)c3ccccc3)nc12. The zero-order chi connectivity index (χ0) is 22.6. The second-order valence-electron chi connectivity index (χ2n) is 7.53. The Bertz CT molecular complexity index is 1160. The van der Waals surface area contributed by atoms with Crippen LogP contribution in [-0.2, 0) is 14.6 Å². The molecule has 0 saturated carbocycles.